The van der Waals surface area contributed by atoms with Crippen LogP contribution in [0.5, 0.6) is 0 Å². The predicted octanol–water partition coefficient (Wildman–Crippen LogP) is -1.46. The van der Waals surface area contributed by atoms with E-state index >= 15 is 0 Å². The molecule has 4 atom stereocenters. The number of imidazole rings is 1. The molecule has 2 aliphatic heterocycles. The molecule has 0 aliphatic carbocycles. The van der Waals surface area contributed by atoms with Crippen LogP contribution in [0.15, 0.2) is 24.8 Å². The number of alkyl carbamates (subject to hydrolysis) is 1. The summed E-state index contributed by atoms with van der Waals surface area (Å²) in [6.07, 6.45) is 0.778. The molecule has 2 aromatic heterocycles. The zero-order chi connectivity index (χ0) is 24.9. The lowest BCUT2D eigenvalue weighted by atomic mass is 10.1. The summed E-state index contributed by atoms with van der Waals surface area (Å²) in [4.78, 5) is 40.9. The molecule has 2 aliphatic rings. The Morgan fingerprint density at radius 1 is 1.20 bits per heavy atom. The van der Waals surface area contributed by atoms with Crippen LogP contribution >= 0.6 is 0 Å². The zero-order valence-corrected chi connectivity index (χ0v) is 19.6. The van der Waals surface area contributed by atoms with Crippen molar-refractivity contribution in [2.45, 2.75) is 24.5 Å². The monoisotopic (exact) mass is 490 g/mol. The van der Waals surface area contributed by atoms with Gasteiger partial charge in [0.2, 0.25) is 5.91 Å². The molecule has 0 bridgehead atoms. The summed E-state index contributed by atoms with van der Waals surface area (Å²) in [6, 6.07) is 0. The maximum absolute atomic E-state index is 12.4. The molecule has 4 N–H and O–H groups in total. The molecule has 35 heavy (non-hydrogen) atoms. The number of carbonyl (C=O) groups is 2. The molecule has 0 saturated carbocycles. The molecule has 4 rings (SSSR count). The summed E-state index contributed by atoms with van der Waals surface area (Å²) in [7, 11) is 3.31. The van der Waals surface area contributed by atoms with Gasteiger partial charge in [-0.05, 0) is 7.05 Å². The second-order valence-corrected chi connectivity index (χ2v) is 8.46. The molecule has 2 fully saturated rings. The molecule has 2 amide bonds. The van der Waals surface area contributed by atoms with E-state index < -0.39 is 30.6 Å². The number of amides is 2. The van der Waals surface area contributed by atoms with Gasteiger partial charge in [0, 0.05) is 45.3 Å². The fourth-order valence-electron chi connectivity index (χ4n) is 4.01. The fourth-order valence-corrected chi connectivity index (χ4v) is 4.01. The van der Waals surface area contributed by atoms with Gasteiger partial charge in [0.05, 0.1) is 13.4 Å². The molecule has 0 radical (unpaired) electrons. The smallest absolute Gasteiger partial charge is 0.406 e. The molecule has 2 aromatic rings. The number of hydrogen-bond donors (Lipinski definition) is 4. The van der Waals surface area contributed by atoms with Crippen LogP contribution in [0.2, 0.25) is 0 Å². The number of anilines is 1. The molecule has 4 heterocycles. The highest BCUT2D eigenvalue weighted by Crippen LogP contribution is 2.32. The number of aliphatic hydroxyl groups is 2. The second kappa shape index (κ2) is 11.0. The Morgan fingerprint density at radius 3 is 2.71 bits per heavy atom. The van der Waals surface area contributed by atoms with Crippen molar-refractivity contribution in [2.24, 2.45) is 0 Å². The normalized spacial score (nSPS) is 25.8. The molecular weight excluding hydrogens is 460 g/mol. The van der Waals surface area contributed by atoms with Gasteiger partial charge in [-0.2, -0.15) is 0 Å². The van der Waals surface area contributed by atoms with Gasteiger partial charge in [0.15, 0.2) is 23.2 Å². The summed E-state index contributed by atoms with van der Waals surface area (Å²) < 4.78 is 11.7. The first-order chi connectivity index (χ1) is 16.9. The molecule has 0 aromatic carbocycles. The third-order valence-corrected chi connectivity index (χ3v) is 6.07. The Kier molecular flexibility index (Phi) is 7.87. The quantitative estimate of drug-likeness (QED) is 0.335. The summed E-state index contributed by atoms with van der Waals surface area (Å²) in [6.45, 7) is 4.53. The van der Waals surface area contributed by atoms with Gasteiger partial charge in [-0.15, -0.1) is 0 Å². The average molecular weight is 491 g/mol. The lowest BCUT2D eigenvalue weighted by Crippen LogP contribution is -2.44. The van der Waals surface area contributed by atoms with Crippen molar-refractivity contribution in [3.63, 3.8) is 0 Å². The molecule has 2 saturated heterocycles. The Morgan fingerprint density at radius 2 is 1.97 bits per heavy atom. The number of carbonyl (C=O) groups excluding carboxylic acids is 2. The highest BCUT2D eigenvalue weighted by Gasteiger charge is 2.44. The van der Waals surface area contributed by atoms with Crippen molar-refractivity contribution >= 4 is 29.0 Å². The Bertz CT molecular complexity index is 1070. The van der Waals surface area contributed by atoms with Crippen LogP contribution in [0.3, 0.4) is 0 Å². The van der Waals surface area contributed by atoms with Crippen LogP contribution in [0.1, 0.15) is 6.23 Å². The number of aromatic nitrogens is 4. The largest absolute Gasteiger partial charge is 0.453 e. The number of fused-ring (bicyclic) bond motifs is 1. The van der Waals surface area contributed by atoms with E-state index in [9.17, 15) is 19.8 Å². The Hall–Kier alpha value is -3.17. The van der Waals surface area contributed by atoms with Crippen LogP contribution in [-0.4, -0.2) is 123 Å². The maximum atomic E-state index is 12.4. The van der Waals surface area contributed by atoms with Gasteiger partial charge in [0.25, 0.3) is 0 Å². The summed E-state index contributed by atoms with van der Waals surface area (Å²) in [5, 5.41) is 26.0. The lowest BCUT2D eigenvalue weighted by molar-refractivity contribution is -0.111. The maximum Gasteiger partial charge on any atom is 0.406 e. The minimum Gasteiger partial charge on any atom is -0.453 e. The van der Waals surface area contributed by atoms with Crippen molar-refractivity contribution < 1.29 is 29.3 Å². The van der Waals surface area contributed by atoms with Gasteiger partial charge in [0.1, 0.15) is 24.6 Å². The standard InChI is InChI=1S/C21H30N8O6/c1-27-6-8-28(9-7-27)5-3-4-14(30)26-18-15-19(24-11-23-18)29(12-25-15)20-17(32)16(31)13(35-20)10-22-21(33)34-2/h3-4,11-13,16-17,20,31-32H,5-10H2,1-2H3,(H,22,33)(H,23,24,26,30)/b4-3+/t13-,16-,17-,20-/m1/s1. The first kappa shape index (κ1) is 24.9. The molecule has 0 unspecified atom stereocenters. The summed E-state index contributed by atoms with van der Waals surface area (Å²) in [5.74, 6) is -0.143. The number of likely N-dealkylation sites (N-methyl/N-ethyl adjacent to an activating group) is 1. The summed E-state index contributed by atoms with van der Waals surface area (Å²) >= 11 is 0. The number of nitrogens with one attached hydrogen (secondary N) is 2. The van der Waals surface area contributed by atoms with E-state index in [2.05, 4.69) is 47.2 Å². The van der Waals surface area contributed by atoms with Crippen LogP contribution in [0, 0.1) is 0 Å². The minimum absolute atomic E-state index is 0.0647. The van der Waals surface area contributed by atoms with E-state index in [-0.39, 0.29) is 18.3 Å². The van der Waals surface area contributed by atoms with Crippen molar-refractivity contribution in [2.75, 3.05) is 58.7 Å². The van der Waals surface area contributed by atoms with Gasteiger partial charge in [-0.3, -0.25) is 14.3 Å². The number of nitrogens with zero attached hydrogens (tertiary/aromatic N) is 6. The van der Waals surface area contributed by atoms with Gasteiger partial charge in [-0.1, -0.05) is 6.08 Å². The Balaban J connectivity index is 1.41. The van der Waals surface area contributed by atoms with E-state index in [4.69, 9.17) is 4.74 Å². The third-order valence-electron chi connectivity index (χ3n) is 6.07. The number of methoxy groups -OCH3 is 1. The van der Waals surface area contributed by atoms with E-state index in [1.165, 1.54) is 30.4 Å². The molecule has 14 nitrogen and oxygen atoms in total. The van der Waals surface area contributed by atoms with E-state index in [1.807, 2.05) is 6.08 Å². The first-order valence-corrected chi connectivity index (χ1v) is 11.3. The first-order valence-electron chi connectivity index (χ1n) is 11.3. The van der Waals surface area contributed by atoms with Crippen LogP contribution < -0.4 is 10.6 Å². The molecule has 190 valence electrons. The Labute approximate surface area is 201 Å². The van der Waals surface area contributed by atoms with Gasteiger partial charge < -0.3 is 35.2 Å². The number of piperazine rings is 1. The van der Waals surface area contributed by atoms with Gasteiger partial charge >= 0.3 is 6.09 Å². The number of rotatable bonds is 7. The molecule has 14 heteroatoms. The van der Waals surface area contributed by atoms with Gasteiger partial charge in [-0.25, -0.2) is 19.7 Å². The molecule has 0 spiro atoms. The third kappa shape index (κ3) is 5.74. The lowest BCUT2D eigenvalue weighted by Gasteiger charge is -2.31. The van der Waals surface area contributed by atoms with Crippen molar-refractivity contribution in [3.8, 4) is 0 Å². The number of hydrogen-bond acceptors (Lipinski definition) is 11. The van der Waals surface area contributed by atoms with E-state index in [1.54, 1.807) is 0 Å². The average Bonchev–Trinajstić information content (AvgIpc) is 3.40. The predicted molar refractivity (Wildman–Crippen MR) is 123 cm³/mol. The minimum atomic E-state index is -1.30. The van der Waals surface area contributed by atoms with Crippen LogP contribution in [0.25, 0.3) is 11.2 Å². The zero-order valence-electron chi connectivity index (χ0n) is 19.6. The summed E-state index contributed by atoms with van der Waals surface area (Å²) in [5.41, 5.74) is 0.601. The van der Waals surface area contributed by atoms with E-state index in [0.29, 0.717) is 17.7 Å². The van der Waals surface area contributed by atoms with Crippen molar-refractivity contribution in [1.29, 1.82) is 0 Å². The van der Waals surface area contributed by atoms with E-state index in [0.717, 1.165) is 26.2 Å². The highest BCUT2D eigenvalue weighted by molar-refractivity contribution is 6.02. The SMILES string of the molecule is COC(=O)NC[C@H]1O[C@@H](n2cnc3c(NC(=O)/C=C/CN4CCN(C)CC4)ncnc32)[C@H](O)[C@@H]1O. The van der Waals surface area contributed by atoms with Crippen molar-refractivity contribution in [3.05, 3.63) is 24.8 Å². The second-order valence-electron chi connectivity index (χ2n) is 8.46. The van der Waals surface area contributed by atoms with Crippen molar-refractivity contribution in [1.82, 2.24) is 34.6 Å². The van der Waals surface area contributed by atoms with Crippen LogP contribution in [-0.2, 0) is 14.3 Å². The molecular formula is C21H30N8O6. The highest BCUT2D eigenvalue weighted by atomic mass is 16.6. The van der Waals surface area contributed by atoms with Crippen LogP contribution in [0.4, 0.5) is 10.6 Å². The number of aliphatic hydroxyl groups excluding tert-OH is 2. The fraction of sp³-hybridized carbons (Fsp3) is 0.571. The topological polar surface area (TPSA) is 167 Å². The number of ether oxygens (including phenoxy) is 2.